The lowest BCUT2D eigenvalue weighted by molar-refractivity contribution is 0.591. The highest BCUT2D eigenvalue weighted by Gasteiger charge is 2.30. The van der Waals surface area contributed by atoms with Gasteiger partial charge in [-0.05, 0) is 45.8 Å². The van der Waals surface area contributed by atoms with Crippen molar-refractivity contribution >= 4 is 61.5 Å². The van der Waals surface area contributed by atoms with Gasteiger partial charge in [0, 0.05) is 32.1 Å². The molecule has 33 heavy (non-hydrogen) atoms. The van der Waals surface area contributed by atoms with Crippen LogP contribution in [0.4, 0.5) is 17.1 Å². The van der Waals surface area contributed by atoms with E-state index in [1.165, 1.54) is 16.2 Å². The number of nitrogens with zero attached hydrogens (tertiary/aromatic N) is 3. The fourth-order valence-electron chi connectivity index (χ4n) is 5.23. The Kier molecular flexibility index (Phi) is 3.72. The van der Waals surface area contributed by atoms with Crippen molar-refractivity contribution in [2.45, 2.75) is 26.2 Å². The van der Waals surface area contributed by atoms with Crippen molar-refractivity contribution in [2.24, 2.45) is 0 Å². The predicted molar refractivity (Wildman–Crippen MR) is 136 cm³/mol. The van der Waals surface area contributed by atoms with Crippen LogP contribution in [0.25, 0.3) is 44.5 Å². The Morgan fingerprint density at radius 3 is 2.03 bits per heavy atom. The molecule has 0 aliphatic carbocycles. The molecule has 156 valence electrons. The minimum atomic E-state index is -0.0928. The van der Waals surface area contributed by atoms with Crippen LogP contribution in [0, 0.1) is 22.7 Å². The van der Waals surface area contributed by atoms with E-state index in [4.69, 9.17) is 0 Å². The van der Waals surface area contributed by atoms with Crippen LogP contribution < -0.4 is 15.3 Å². The summed E-state index contributed by atoms with van der Waals surface area (Å²) < 4.78 is 0. The van der Waals surface area contributed by atoms with Gasteiger partial charge in [-0.25, -0.2) is 0 Å². The summed E-state index contributed by atoms with van der Waals surface area (Å²) in [5.74, 6) is 0. The second kappa shape index (κ2) is 6.35. The van der Waals surface area contributed by atoms with Gasteiger partial charge in [0.15, 0.2) is 0 Å². The van der Waals surface area contributed by atoms with Crippen LogP contribution in [-0.2, 0) is 5.41 Å². The third-order valence-corrected chi connectivity index (χ3v) is 6.86. The zero-order chi connectivity index (χ0) is 23.1. The lowest BCUT2D eigenvalue weighted by Gasteiger charge is -2.36. The van der Waals surface area contributed by atoms with E-state index in [-0.39, 0.29) is 11.0 Å². The molecule has 3 aliphatic heterocycles. The SMILES string of the molecule is C=c1cc2c3cccc4cccc(c5cc(=C(C#N)C#N)c6cc(C(C)(C)C)cc1c6N25)c43. The molecule has 0 amide bonds. The predicted octanol–water partition coefficient (Wildman–Crippen LogP) is 6.27. The quantitative estimate of drug-likeness (QED) is 0.289. The number of fused-ring (bicyclic) bond motifs is 2. The van der Waals surface area contributed by atoms with Crippen molar-refractivity contribution in [3.8, 4) is 12.1 Å². The summed E-state index contributed by atoms with van der Waals surface area (Å²) in [5, 5.41) is 27.9. The summed E-state index contributed by atoms with van der Waals surface area (Å²) in [4.78, 5) is 2.29. The molecule has 0 saturated heterocycles. The first-order valence-corrected chi connectivity index (χ1v) is 11.0. The first kappa shape index (κ1) is 19.4. The number of hydrogen-bond acceptors (Lipinski definition) is 3. The van der Waals surface area contributed by atoms with Gasteiger partial charge in [-0.1, -0.05) is 63.7 Å². The first-order chi connectivity index (χ1) is 15.8. The van der Waals surface area contributed by atoms with E-state index >= 15 is 0 Å². The number of rotatable bonds is 0. The summed E-state index contributed by atoms with van der Waals surface area (Å²) in [6.45, 7) is 10.9. The van der Waals surface area contributed by atoms with Gasteiger partial charge in [0.1, 0.15) is 17.7 Å². The van der Waals surface area contributed by atoms with Gasteiger partial charge < -0.3 is 4.90 Å². The Balaban J connectivity index is 2.02. The van der Waals surface area contributed by atoms with Crippen LogP contribution in [0.2, 0.25) is 0 Å². The van der Waals surface area contributed by atoms with Crippen LogP contribution in [0.1, 0.15) is 26.3 Å². The highest BCUT2D eigenvalue weighted by molar-refractivity contribution is 6.24. The molecule has 0 saturated carbocycles. The molecule has 0 radical (unpaired) electrons. The molecular formula is C30H21N3. The second-order valence-corrected chi connectivity index (χ2v) is 9.81. The molecule has 6 rings (SSSR count). The van der Waals surface area contributed by atoms with Gasteiger partial charge in [-0.15, -0.1) is 0 Å². The summed E-state index contributed by atoms with van der Waals surface area (Å²) in [5.41, 5.74) is 4.27. The Hall–Kier alpha value is -4.34. The van der Waals surface area contributed by atoms with Gasteiger partial charge in [-0.2, -0.15) is 10.5 Å². The lowest BCUT2D eigenvalue weighted by Crippen LogP contribution is -2.26. The van der Waals surface area contributed by atoms with E-state index in [1.807, 2.05) is 6.07 Å². The van der Waals surface area contributed by atoms with Crippen molar-refractivity contribution in [1.29, 1.82) is 10.5 Å². The van der Waals surface area contributed by atoms with Crippen LogP contribution in [0.5, 0.6) is 0 Å². The third kappa shape index (κ3) is 2.48. The fourth-order valence-corrected chi connectivity index (χ4v) is 5.23. The van der Waals surface area contributed by atoms with Crippen molar-refractivity contribution in [2.75, 3.05) is 4.90 Å². The molecule has 3 heteroatoms. The molecule has 0 unspecified atom stereocenters. The average Bonchev–Trinajstić information content (AvgIpc) is 2.80. The zero-order valence-electron chi connectivity index (χ0n) is 18.8. The molecule has 0 aromatic heterocycles. The molecule has 0 spiro atoms. The maximum absolute atomic E-state index is 9.82. The van der Waals surface area contributed by atoms with Crippen LogP contribution in [-0.4, -0.2) is 0 Å². The molecule has 0 bridgehead atoms. The molecule has 3 aromatic carbocycles. The minimum Gasteiger partial charge on any atom is -0.308 e. The molecule has 3 aromatic rings. The Morgan fingerprint density at radius 1 is 0.818 bits per heavy atom. The molecule has 0 atom stereocenters. The Labute approximate surface area is 192 Å². The molecule has 3 aliphatic rings. The fraction of sp³-hybridized carbons (Fsp3) is 0.133. The maximum Gasteiger partial charge on any atom is 0.137 e. The summed E-state index contributed by atoms with van der Waals surface area (Å²) in [7, 11) is 0. The number of benzene rings is 3. The monoisotopic (exact) mass is 423 g/mol. The van der Waals surface area contributed by atoms with E-state index in [0.717, 1.165) is 44.0 Å². The summed E-state index contributed by atoms with van der Waals surface area (Å²) in [6, 6.07) is 25.5. The van der Waals surface area contributed by atoms with Crippen molar-refractivity contribution in [1.82, 2.24) is 0 Å². The molecular weight excluding hydrogens is 402 g/mol. The van der Waals surface area contributed by atoms with E-state index in [1.54, 1.807) is 0 Å². The Morgan fingerprint density at radius 2 is 1.42 bits per heavy atom. The van der Waals surface area contributed by atoms with Crippen molar-refractivity contribution in [3.63, 3.8) is 0 Å². The van der Waals surface area contributed by atoms with Crippen molar-refractivity contribution in [3.05, 3.63) is 76.7 Å². The van der Waals surface area contributed by atoms with Crippen LogP contribution in [0.3, 0.4) is 0 Å². The number of anilines is 3. The Bertz CT molecular complexity index is 1820. The van der Waals surface area contributed by atoms with Crippen LogP contribution >= 0.6 is 0 Å². The standard InChI is InChI=1S/C30H21N3/c1-17-11-26-21-9-5-7-18-8-6-10-22(28(18)21)27-14-24(19(15-31)16-32)25-13-20(30(2,3)4)12-23(17)29(25)33(26)27/h5-14H,1H2,2-4H3. The second-order valence-electron chi connectivity index (χ2n) is 9.81. The molecule has 0 N–H and O–H groups in total. The lowest BCUT2D eigenvalue weighted by atomic mass is 9.83. The van der Waals surface area contributed by atoms with E-state index < -0.39 is 0 Å². The summed E-state index contributed by atoms with van der Waals surface area (Å²) >= 11 is 0. The molecule has 3 nitrogen and oxygen atoms in total. The first-order valence-electron chi connectivity index (χ1n) is 11.0. The zero-order valence-corrected chi connectivity index (χ0v) is 18.8. The highest BCUT2D eigenvalue weighted by Crippen LogP contribution is 2.50. The minimum absolute atomic E-state index is 0.0928. The summed E-state index contributed by atoms with van der Waals surface area (Å²) in [6.07, 6.45) is 0. The van der Waals surface area contributed by atoms with Gasteiger partial charge in [-0.3, -0.25) is 0 Å². The number of hydrogen-bond donors (Lipinski definition) is 0. The smallest absolute Gasteiger partial charge is 0.137 e. The molecule has 3 heterocycles. The topological polar surface area (TPSA) is 50.8 Å². The largest absolute Gasteiger partial charge is 0.308 e. The van der Waals surface area contributed by atoms with E-state index in [0.29, 0.717) is 5.22 Å². The normalized spacial score (nSPS) is 12.7. The van der Waals surface area contributed by atoms with Crippen LogP contribution in [0.15, 0.2) is 60.7 Å². The highest BCUT2D eigenvalue weighted by atomic mass is 15.2. The van der Waals surface area contributed by atoms with E-state index in [2.05, 4.69) is 99.0 Å². The molecule has 0 fully saturated rings. The maximum atomic E-state index is 9.82. The van der Waals surface area contributed by atoms with Gasteiger partial charge in [0.2, 0.25) is 0 Å². The third-order valence-electron chi connectivity index (χ3n) is 6.86. The average molecular weight is 424 g/mol. The van der Waals surface area contributed by atoms with Gasteiger partial charge in [0.25, 0.3) is 0 Å². The van der Waals surface area contributed by atoms with Gasteiger partial charge in [0.05, 0.1) is 17.1 Å². The van der Waals surface area contributed by atoms with E-state index in [9.17, 15) is 10.5 Å². The number of nitriles is 2. The van der Waals surface area contributed by atoms with Gasteiger partial charge >= 0.3 is 0 Å². The van der Waals surface area contributed by atoms with Crippen molar-refractivity contribution < 1.29 is 0 Å².